The molecule has 1 saturated heterocycles. The van der Waals surface area contributed by atoms with E-state index < -0.39 is 0 Å². The Morgan fingerprint density at radius 1 is 1.11 bits per heavy atom. The molecule has 1 aromatic carbocycles. The lowest BCUT2D eigenvalue weighted by Crippen LogP contribution is -2.43. The summed E-state index contributed by atoms with van der Waals surface area (Å²) in [6.45, 7) is 7.89. The minimum Gasteiger partial charge on any atom is -0.357 e. The van der Waals surface area contributed by atoms with E-state index in [4.69, 9.17) is 0 Å². The van der Waals surface area contributed by atoms with Crippen LogP contribution in [0.2, 0.25) is 0 Å². The topological polar surface area (TPSA) is 22.3 Å². The SMILES string of the molecule is Cc1ccc2[nH]c(CN3CCN(C)CC3)cc2c1. The fourth-order valence-corrected chi connectivity index (χ4v) is 2.64. The van der Waals surface area contributed by atoms with E-state index in [1.54, 1.807) is 0 Å². The highest BCUT2D eigenvalue weighted by atomic mass is 15.2. The lowest BCUT2D eigenvalue weighted by atomic mass is 10.2. The van der Waals surface area contributed by atoms with Gasteiger partial charge in [0.25, 0.3) is 0 Å². The number of H-pyrrole nitrogens is 1. The van der Waals surface area contributed by atoms with Crippen molar-refractivity contribution < 1.29 is 0 Å². The summed E-state index contributed by atoms with van der Waals surface area (Å²) in [4.78, 5) is 8.45. The second kappa shape index (κ2) is 4.75. The molecule has 1 N–H and O–H groups in total. The Bertz CT molecular complexity index is 536. The lowest BCUT2D eigenvalue weighted by molar-refractivity contribution is 0.147. The summed E-state index contributed by atoms with van der Waals surface area (Å²) in [6, 6.07) is 8.89. The van der Waals surface area contributed by atoms with E-state index in [1.165, 1.54) is 48.3 Å². The number of aromatic amines is 1. The molecule has 0 bridgehead atoms. The Morgan fingerprint density at radius 2 is 1.89 bits per heavy atom. The van der Waals surface area contributed by atoms with E-state index in [9.17, 15) is 0 Å². The molecule has 0 saturated carbocycles. The zero-order chi connectivity index (χ0) is 12.5. The fourth-order valence-electron chi connectivity index (χ4n) is 2.64. The van der Waals surface area contributed by atoms with Crippen LogP contribution in [0.5, 0.6) is 0 Å². The molecule has 3 nitrogen and oxygen atoms in total. The number of nitrogens with zero attached hydrogens (tertiary/aromatic N) is 2. The van der Waals surface area contributed by atoms with Crippen molar-refractivity contribution in [2.75, 3.05) is 33.2 Å². The second-order valence-electron chi connectivity index (χ2n) is 5.46. The molecule has 1 aromatic heterocycles. The van der Waals surface area contributed by atoms with Crippen molar-refractivity contribution in [2.45, 2.75) is 13.5 Å². The molecule has 2 aromatic rings. The van der Waals surface area contributed by atoms with Crippen LogP contribution in [0.25, 0.3) is 10.9 Å². The second-order valence-corrected chi connectivity index (χ2v) is 5.46. The van der Waals surface area contributed by atoms with Crippen LogP contribution in [-0.2, 0) is 6.54 Å². The van der Waals surface area contributed by atoms with Crippen LogP contribution in [0.3, 0.4) is 0 Å². The van der Waals surface area contributed by atoms with Crippen molar-refractivity contribution in [1.82, 2.24) is 14.8 Å². The van der Waals surface area contributed by atoms with Crippen molar-refractivity contribution in [3.8, 4) is 0 Å². The molecular formula is C15H21N3. The monoisotopic (exact) mass is 243 g/mol. The molecule has 0 unspecified atom stereocenters. The number of hydrogen-bond acceptors (Lipinski definition) is 2. The predicted molar refractivity (Wildman–Crippen MR) is 75.8 cm³/mol. The number of aromatic nitrogens is 1. The molecule has 96 valence electrons. The van der Waals surface area contributed by atoms with Crippen molar-refractivity contribution >= 4 is 10.9 Å². The van der Waals surface area contributed by atoms with Crippen molar-refractivity contribution in [3.05, 3.63) is 35.5 Å². The van der Waals surface area contributed by atoms with Gasteiger partial charge < -0.3 is 9.88 Å². The van der Waals surface area contributed by atoms with Gasteiger partial charge in [0.05, 0.1) is 0 Å². The van der Waals surface area contributed by atoms with Gasteiger partial charge in [-0.3, -0.25) is 4.90 Å². The first-order chi connectivity index (χ1) is 8.70. The number of rotatable bonds is 2. The minimum absolute atomic E-state index is 1.04. The van der Waals surface area contributed by atoms with Gasteiger partial charge in [-0.15, -0.1) is 0 Å². The van der Waals surface area contributed by atoms with E-state index in [2.05, 4.69) is 53.0 Å². The van der Waals surface area contributed by atoms with Crippen molar-refractivity contribution in [3.63, 3.8) is 0 Å². The van der Waals surface area contributed by atoms with Gasteiger partial charge >= 0.3 is 0 Å². The van der Waals surface area contributed by atoms with Crippen molar-refractivity contribution in [2.24, 2.45) is 0 Å². The van der Waals surface area contributed by atoms with Crippen LogP contribution in [0, 0.1) is 6.92 Å². The summed E-state index contributed by atoms with van der Waals surface area (Å²) >= 11 is 0. The van der Waals surface area contributed by atoms with E-state index in [-0.39, 0.29) is 0 Å². The van der Waals surface area contributed by atoms with Gasteiger partial charge in [-0.05, 0) is 37.6 Å². The highest BCUT2D eigenvalue weighted by Crippen LogP contribution is 2.18. The van der Waals surface area contributed by atoms with E-state index in [0.717, 1.165) is 6.54 Å². The van der Waals surface area contributed by atoms with Crippen LogP contribution >= 0.6 is 0 Å². The predicted octanol–water partition coefficient (Wildman–Crippen LogP) is 2.22. The third kappa shape index (κ3) is 2.42. The van der Waals surface area contributed by atoms with E-state index >= 15 is 0 Å². The molecule has 2 heterocycles. The van der Waals surface area contributed by atoms with Gasteiger partial charge in [0.2, 0.25) is 0 Å². The number of benzene rings is 1. The number of likely N-dealkylation sites (N-methyl/N-ethyl adjacent to an activating group) is 1. The summed E-state index contributed by atoms with van der Waals surface area (Å²) in [5, 5.41) is 1.33. The summed E-state index contributed by atoms with van der Waals surface area (Å²) in [6.07, 6.45) is 0. The highest BCUT2D eigenvalue weighted by Gasteiger charge is 2.14. The third-order valence-corrected chi connectivity index (χ3v) is 3.82. The first-order valence-corrected chi connectivity index (χ1v) is 6.70. The molecule has 3 rings (SSSR count). The molecule has 18 heavy (non-hydrogen) atoms. The van der Waals surface area contributed by atoms with E-state index in [1.807, 2.05) is 0 Å². The Balaban J connectivity index is 1.74. The molecule has 0 atom stereocenters. The number of piperazine rings is 1. The normalized spacial score (nSPS) is 18.6. The van der Waals surface area contributed by atoms with Gasteiger partial charge in [0.15, 0.2) is 0 Å². The largest absolute Gasteiger partial charge is 0.357 e. The molecule has 1 aliphatic rings. The third-order valence-electron chi connectivity index (χ3n) is 3.82. The zero-order valence-electron chi connectivity index (χ0n) is 11.2. The number of fused-ring (bicyclic) bond motifs is 1. The lowest BCUT2D eigenvalue weighted by Gasteiger charge is -2.31. The minimum atomic E-state index is 1.04. The Morgan fingerprint density at radius 3 is 2.67 bits per heavy atom. The first kappa shape index (κ1) is 11.8. The maximum Gasteiger partial charge on any atom is 0.0456 e. The van der Waals surface area contributed by atoms with Crippen LogP contribution in [0.4, 0.5) is 0 Å². The summed E-state index contributed by atoms with van der Waals surface area (Å²) in [5.41, 5.74) is 3.91. The quantitative estimate of drug-likeness (QED) is 0.874. The summed E-state index contributed by atoms with van der Waals surface area (Å²) in [5.74, 6) is 0. The zero-order valence-corrected chi connectivity index (χ0v) is 11.2. The molecule has 0 radical (unpaired) electrons. The summed E-state index contributed by atoms with van der Waals surface area (Å²) < 4.78 is 0. The van der Waals surface area contributed by atoms with Crippen molar-refractivity contribution in [1.29, 1.82) is 0 Å². The number of aryl methyl sites for hydroxylation is 1. The smallest absolute Gasteiger partial charge is 0.0456 e. The average Bonchev–Trinajstić information content (AvgIpc) is 2.73. The maximum absolute atomic E-state index is 3.53. The molecule has 0 spiro atoms. The average molecular weight is 243 g/mol. The molecular weight excluding hydrogens is 222 g/mol. The van der Waals surface area contributed by atoms with E-state index in [0.29, 0.717) is 0 Å². The number of nitrogens with one attached hydrogen (secondary N) is 1. The molecule has 1 aliphatic heterocycles. The molecule has 1 fully saturated rings. The molecule has 0 amide bonds. The van der Waals surface area contributed by atoms with Crippen LogP contribution in [0.15, 0.2) is 24.3 Å². The Hall–Kier alpha value is -1.32. The standard InChI is InChI=1S/C15H21N3/c1-12-3-4-15-13(9-12)10-14(16-15)11-18-7-5-17(2)6-8-18/h3-4,9-10,16H,5-8,11H2,1-2H3. The number of hydrogen-bond donors (Lipinski definition) is 1. The van der Waals surface area contributed by atoms with Crippen LogP contribution in [0.1, 0.15) is 11.3 Å². The molecule has 0 aliphatic carbocycles. The first-order valence-electron chi connectivity index (χ1n) is 6.70. The van der Waals surface area contributed by atoms with Gasteiger partial charge in [0, 0.05) is 43.9 Å². The maximum atomic E-state index is 3.53. The fraction of sp³-hybridized carbons (Fsp3) is 0.467. The Labute approximate surface area is 108 Å². The summed E-state index contributed by atoms with van der Waals surface area (Å²) in [7, 11) is 2.20. The van der Waals surface area contributed by atoms with Crippen LogP contribution in [-0.4, -0.2) is 48.0 Å². The van der Waals surface area contributed by atoms with Gasteiger partial charge in [-0.2, -0.15) is 0 Å². The van der Waals surface area contributed by atoms with Gasteiger partial charge in [-0.25, -0.2) is 0 Å². The van der Waals surface area contributed by atoms with Gasteiger partial charge in [0.1, 0.15) is 0 Å². The highest BCUT2D eigenvalue weighted by molar-refractivity contribution is 5.81. The molecule has 3 heteroatoms. The Kier molecular flexibility index (Phi) is 3.10. The van der Waals surface area contributed by atoms with Crippen LogP contribution < -0.4 is 0 Å². The van der Waals surface area contributed by atoms with Gasteiger partial charge in [-0.1, -0.05) is 11.6 Å².